The first-order chi connectivity index (χ1) is 6.20. The lowest BCUT2D eigenvalue weighted by molar-refractivity contribution is 0.0224. The maximum absolute atomic E-state index is 10.1. The van der Waals surface area contributed by atoms with Gasteiger partial charge in [0.1, 0.15) is 5.76 Å². The van der Waals surface area contributed by atoms with Crippen LogP contribution in [0.15, 0.2) is 22.8 Å². The molecular formula is C11H18O2. The highest BCUT2D eigenvalue weighted by molar-refractivity contribution is 5.02. The normalized spacial score (nSPS) is 15.6. The SMILES string of the molecule is CCCC(O)(CC)Cc1ccco1. The van der Waals surface area contributed by atoms with Crippen LogP contribution in [-0.4, -0.2) is 10.7 Å². The zero-order valence-corrected chi connectivity index (χ0v) is 8.42. The Morgan fingerprint density at radius 1 is 1.46 bits per heavy atom. The number of aliphatic hydroxyl groups is 1. The molecular weight excluding hydrogens is 164 g/mol. The predicted molar refractivity (Wildman–Crippen MR) is 52.6 cm³/mol. The Hall–Kier alpha value is -0.760. The standard InChI is InChI=1S/C11H18O2/c1-3-7-11(12,4-2)9-10-6-5-8-13-10/h5-6,8,12H,3-4,7,9H2,1-2H3. The monoisotopic (exact) mass is 182 g/mol. The van der Waals surface area contributed by atoms with E-state index in [-0.39, 0.29) is 0 Å². The molecule has 1 unspecified atom stereocenters. The maximum atomic E-state index is 10.1. The van der Waals surface area contributed by atoms with E-state index in [2.05, 4.69) is 6.92 Å². The molecule has 0 aliphatic carbocycles. The summed E-state index contributed by atoms with van der Waals surface area (Å²) < 4.78 is 5.22. The summed E-state index contributed by atoms with van der Waals surface area (Å²) in [6.07, 6.45) is 4.90. The molecule has 2 nitrogen and oxygen atoms in total. The van der Waals surface area contributed by atoms with E-state index in [0.717, 1.165) is 25.0 Å². The summed E-state index contributed by atoms with van der Waals surface area (Å²) in [6.45, 7) is 4.10. The molecule has 0 radical (unpaired) electrons. The van der Waals surface area contributed by atoms with Crippen molar-refractivity contribution in [1.29, 1.82) is 0 Å². The van der Waals surface area contributed by atoms with Crippen LogP contribution in [-0.2, 0) is 6.42 Å². The van der Waals surface area contributed by atoms with E-state index in [4.69, 9.17) is 4.42 Å². The van der Waals surface area contributed by atoms with Crippen LogP contribution >= 0.6 is 0 Å². The van der Waals surface area contributed by atoms with E-state index in [1.807, 2.05) is 19.1 Å². The average Bonchev–Trinajstić information content (AvgIpc) is 2.57. The fraction of sp³-hybridized carbons (Fsp3) is 0.636. The van der Waals surface area contributed by atoms with E-state index in [9.17, 15) is 5.11 Å². The van der Waals surface area contributed by atoms with Crippen molar-refractivity contribution in [2.45, 2.75) is 45.1 Å². The van der Waals surface area contributed by atoms with Crippen LogP contribution in [0.1, 0.15) is 38.9 Å². The molecule has 1 aromatic heterocycles. The lowest BCUT2D eigenvalue weighted by Crippen LogP contribution is -2.30. The molecule has 1 heterocycles. The van der Waals surface area contributed by atoms with Gasteiger partial charge in [0.15, 0.2) is 0 Å². The summed E-state index contributed by atoms with van der Waals surface area (Å²) in [5.41, 5.74) is -0.577. The topological polar surface area (TPSA) is 33.4 Å². The first-order valence-electron chi connectivity index (χ1n) is 4.95. The van der Waals surface area contributed by atoms with Gasteiger partial charge in [-0.05, 0) is 25.0 Å². The molecule has 0 saturated heterocycles. The summed E-state index contributed by atoms with van der Waals surface area (Å²) in [7, 11) is 0. The molecule has 1 atom stereocenters. The highest BCUT2D eigenvalue weighted by atomic mass is 16.3. The van der Waals surface area contributed by atoms with Crippen molar-refractivity contribution < 1.29 is 9.52 Å². The summed E-state index contributed by atoms with van der Waals surface area (Å²) in [5.74, 6) is 0.873. The van der Waals surface area contributed by atoms with Crippen LogP contribution < -0.4 is 0 Å². The second-order valence-electron chi connectivity index (χ2n) is 3.58. The van der Waals surface area contributed by atoms with Gasteiger partial charge in [-0.1, -0.05) is 20.3 Å². The summed E-state index contributed by atoms with van der Waals surface area (Å²) in [4.78, 5) is 0. The highest BCUT2D eigenvalue weighted by Crippen LogP contribution is 2.22. The Bertz CT molecular complexity index is 228. The Labute approximate surface area is 79.6 Å². The summed E-state index contributed by atoms with van der Waals surface area (Å²) >= 11 is 0. The van der Waals surface area contributed by atoms with Crippen molar-refractivity contribution in [2.75, 3.05) is 0 Å². The first kappa shape index (κ1) is 10.3. The van der Waals surface area contributed by atoms with Gasteiger partial charge in [0, 0.05) is 6.42 Å². The van der Waals surface area contributed by atoms with E-state index in [1.165, 1.54) is 0 Å². The Kier molecular flexibility index (Phi) is 3.55. The molecule has 0 spiro atoms. The molecule has 74 valence electrons. The smallest absolute Gasteiger partial charge is 0.106 e. The van der Waals surface area contributed by atoms with Gasteiger partial charge < -0.3 is 9.52 Å². The molecule has 2 heteroatoms. The van der Waals surface area contributed by atoms with Crippen LogP contribution in [0.5, 0.6) is 0 Å². The Morgan fingerprint density at radius 3 is 2.69 bits per heavy atom. The molecule has 0 amide bonds. The van der Waals surface area contributed by atoms with Gasteiger partial charge in [-0.25, -0.2) is 0 Å². The van der Waals surface area contributed by atoms with Gasteiger partial charge in [-0.2, -0.15) is 0 Å². The molecule has 1 aromatic rings. The number of hydrogen-bond acceptors (Lipinski definition) is 2. The van der Waals surface area contributed by atoms with Crippen LogP contribution in [0.3, 0.4) is 0 Å². The molecule has 0 bridgehead atoms. The number of rotatable bonds is 5. The van der Waals surface area contributed by atoms with Crippen LogP contribution in [0.25, 0.3) is 0 Å². The van der Waals surface area contributed by atoms with Gasteiger partial charge >= 0.3 is 0 Å². The minimum atomic E-state index is -0.577. The maximum Gasteiger partial charge on any atom is 0.106 e. The van der Waals surface area contributed by atoms with Crippen LogP contribution in [0.4, 0.5) is 0 Å². The largest absolute Gasteiger partial charge is 0.469 e. The third kappa shape index (κ3) is 2.88. The van der Waals surface area contributed by atoms with E-state index < -0.39 is 5.60 Å². The average molecular weight is 182 g/mol. The van der Waals surface area contributed by atoms with Crippen molar-refractivity contribution in [3.63, 3.8) is 0 Å². The van der Waals surface area contributed by atoms with Crippen molar-refractivity contribution in [3.8, 4) is 0 Å². The van der Waals surface area contributed by atoms with E-state index in [0.29, 0.717) is 6.42 Å². The van der Waals surface area contributed by atoms with Crippen LogP contribution in [0, 0.1) is 0 Å². The molecule has 1 N–H and O–H groups in total. The van der Waals surface area contributed by atoms with Crippen molar-refractivity contribution in [2.24, 2.45) is 0 Å². The number of hydrogen-bond donors (Lipinski definition) is 1. The van der Waals surface area contributed by atoms with E-state index >= 15 is 0 Å². The second-order valence-corrected chi connectivity index (χ2v) is 3.58. The Balaban J connectivity index is 2.58. The van der Waals surface area contributed by atoms with Gasteiger partial charge in [0.2, 0.25) is 0 Å². The molecule has 0 saturated carbocycles. The quantitative estimate of drug-likeness (QED) is 0.759. The van der Waals surface area contributed by atoms with Crippen LogP contribution in [0.2, 0.25) is 0 Å². The van der Waals surface area contributed by atoms with Gasteiger partial charge in [-0.3, -0.25) is 0 Å². The molecule has 1 rings (SSSR count). The Morgan fingerprint density at radius 2 is 2.23 bits per heavy atom. The fourth-order valence-corrected chi connectivity index (χ4v) is 1.59. The summed E-state index contributed by atoms with van der Waals surface area (Å²) in [5, 5.41) is 10.1. The highest BCUT2D eigenvalue weighted by Gasteiger charge is 2.24. The van der Waals surface area contributed by atoms with Crippen molar-refractivity contribution >= 4 is 0 Å². The van der Waals surface area contributed by atoms with E-state index in [1.54, 1.807) is 6.26 Å². The van der Waals surface area contributed by atoms with Gasteiger partial charge in [-0.15, -0.1) is 0 Å². The predicted octanol–water partition coefficient (Wildman–Crippen LogP) is 2.76. The van der Waals surface area contributed by atoms with Gasteiger partial charge in [0.05, 0.1) is 11.9 Å². The molecule has 0 aromatic carbocycles. The first-order valence-corrected chi connectivity index (χ1v) is 4.95. The minimum absolute atomic E-state index is 0.577. The zero-order chi connectivity index (χ0) is 9.73. The lowest BCUT2D eigenvalue weighted by atomic mass is 9.90. The summed E-state index contributed by atoms with van der Waals surface area (Å²) in [6, 6.07) is 3.77. The molecule has 0 aliphatic heterocycles. The zero-order valence-electron chi connectivity index (χ0n) is 8.42. The third-order valence-electron chi connectivity index (χ3n) is 2.46. The second kappa shape index (κ2) is 4.47. The molecule has 0 fully saturated rings. The van der Waals surface area contributed by atoms with Crippen molar-refractivity contribution in [3.05, 3.63) is 24.2 Å². The fourth-order valence-electron chi connectivity index (χ4n) is 1.59. The van der Waals surface area contributed by atoms with Crippen molar-refractivity contribution in [1.82, 2.24) is 0 Å². The minimum Gasteiger partial charge on any atom is -0.469 e. The lowest BCUT2D eigenvalue weighted by Gasteiger charge is -2.25. The molecule has 13 heavy (non-hydrogen) atoms. The number of furan rings is 1. The molecule has 0 aliphatic rings. The third-order valence-corrected chi connectivity index (χ3v) is 2.46. The van der Waals surface area contributed by atoms with Gasteiger partial charge in [0.25, 0.3) is 0 Å².